The van der Waals surface area contributed by atoms with Gasteiger partial charge >= 0.3 is 0 Å². The van der Waals surface area contributed by atoms with Gasteiger partial charge in [-0.05, 0) is 48.0 Å². The summed E-state index contributed by atoms with van der Waals surface area (Å²) in [6.45, 7) is 4.43. The maximum atomic E-state index is 12.3. The molecular formula is C18H19N5O2S. The average Bonchev–Trinajstić information content (AvgIpc) is 3.10. The topological polar surface area (TPSA) is 81.9 Å². The monoisotopic (exact) mass is 369 g/mol. The molecule has 3 rings (SSSR count). The molecule has 7 nitrogen and oxygen atoms in total. The molecule has 0 aliphatic rings. The molecule has 2 aromatic carbocycles. The number of tetrazole rings is 1. The van der Waals surface area contributed by atoms with Crippen LogP contribution in [0.4, 0.5) is 5.69 Å². The van der Waals surface area contributed by atoms with Gasteiger partial charge in [0.1, 0.15) is 5.75 Å². The standard InChI is InChI=1S/C18H19N5O2S/c1-3-25-16-11-7-5-9-14(16)19-17(24)12-26-18-20-21-22-23(18)15-10-6-4-8-13(15)2/h4-11H,3,12H2,1-2H3,(H,19,24). The predicted molar refractivity (Wildman–Crippen MR) is 101 cm³/mol. The molecule has 1 aromatic heterocycles. The van der Waals surface area contributed by atoms with E-state index in [9.17, 15) is 4.79 Å². The number of nitrogens with one attached hydrogen (secondary N) is 1. The Morgan fingerprint density at radius 2 is 1.96 bits per heavy atom. The van der Waals surface area contributed by atoms with Crippen LogP contribution in [0, 0.1) is 6.92 Å². The van der Waals surface area contributed by atoms with E-state index in [1.807, 2.05) is 62.4 Å². The molecule has 3 aromatic rings. The van der Waals surface area contributed by atoms with Crippen molar-refractivity contribution in [3.05, 3.63) is 54.1 Å². The zero-order valence-corrected chi connectivity index (χ0v) is 15.4. The smallest absolute Gasteiger partial charge is 0.234 e. The molecule has 0 saturated heterocycles. The largest absolute Gasteiger partial charge is 0.492 e. The third-order valence-corrected chi connectivity index (χ3v) is 4.50. The highest BCUT2D eigenvalue weighted by Crippen LogP contribution is 2.25. The fraction of sp³-hybridized carbons (Fsp3) is 0.222. The van der Waals surface area contributed by atoms with Crippen molar-refractivity contribution in [1.82, 2.24) is 20.2 Å². The lowest BCUT2D eigenvalue weighted by atomic mass is 10.2. The molecule has 0 aliphatic carbocycles. The highest BCUT2D eigenvalue weighted by atomic mass is 32.2. The molecule has 0 radical (unpaired) electrons. The van der Waals surface area contributed by atoms with Crippen LogP contribution in [0.5, 0.6) is 5.75 Å². The van der Waals surface area contributed by atoms with Gasteiger partial charge in [-0.1, -0.05) is 42.1 Å². The van der Waals surface area contributed by atoms with Crippen molar-refractivity contribution >= 4 is 23.4 Å². The molecule has 0 aliphatic heterocycles. The number of rotatable bonds is 7. The van der Waals surface area contributed by atoms with Gasteiger partial charge < -0.3 is 10.1 Å². The highest BCUT2D eigenvalue weighted by molar-refractivity contribution is 7.99. The number of aromatic nitrogens is 4. The van der Waals surface area contributed by atoms with Gasteiger partial charge in [0, 0.05) is 0 Å². The third kappa shape index (κ3) is 4.20. The second-order valence-corrected chi connectivity index (χ2v) is 6.37. The summed E-state index contributed by atoms with van der Waals surface area (Å²) in [5.74, 6) is 0.687. The van der Waals surface area contributed by atoms with E-state index in [0.717, 1.165) is 11.3 Å². The van der Waals surface area contributed by atoms with Crippen LogP contribution in [-0.4, -0.2) is 38.5 Å². The van der Waals surface area contributed by atoms with Gasteiger partial charge in [-0.2, -0.15) is 4.68 Å². The molecule has 0 bridgehead atoms. The highest BCUT2D eigenvalue weighted by Gasteiger charge is 2.14. The Morgan fingerprint density at radius 3 is 2.77 bits per heavy atom. The Bertz CT molecular complexity index is 897. The fourth-order valence-corrected chi connectivity index (χ4v) is 3.07. The normalized spacial score (nSPS) is 10.5. The molecule has 1 amide bonds. The van der Waals surface area contributed by atoms with E-state index in [0.29, 0.717) is 23.2 Å². The van der Waals surface area contributed by atoms with Crippen LogP contribution in [0.2, 0.25) is 0 Å². The summed E-state index contributed by atoms with van der Waals surface area (Å²) in [4.78, 5) is 12.3. The maximum absolute atomic E-state index is 12.3. The number of hydrogen-bond acceptors (Lipinski definition) is 6. The molecule has 8 heteroatoms. The number of nitrogens with zero attached hydrogens (tertiary/aromatic N) is 4. The first kappa shape index (κ1) is 17.9. The molecule has 0 atom stereocenters. The average molecular weight is 369 g/mol. The number of benzene rings is 2. The van der Waals surface area contributed by atoms with E-state index in [1.54, 1.807) is 4.68 Å². The summed E-state index contributed by atoms with van der Waals surface area (Å²) in [5.41, 5.74) is 2.59. The van der Waals surface area contributed by atoms with E-state index >= 15 is 0 Å². The molecule has 0 spiro atoms. The first-order chi connectivity index (χ1) is 12.7. The minimum atomic E-state index is -0.151. The quantitative estimate of drug-likeness (QED) is 0.645. The van der Waals surface area contributed by atoms with E-state index in [2.05, 4.69) is 20.8 Å². The van der Waals surface area contributed by atoms with Crippen molar-refractivity contribution in [1.29, 1.82) is 0 Å². The van der Waals surface area contributed by atoms with Gasteiger partial charge in [0.15, 0.2) is 0 Å². The van der Waals surface area contributed by atoms with Gasteiger partial charge in [-0.25, -0.2) is 0 Å². The molecule has 1 N–H and O–H groups in total. The van der Waals surface area contributed by atoms with Crippen molar-refractivity contribution in [3.63, 3.8) is 0 Å². The number of amides is 1. The first-order valence-corrected chi connectivity index (χ1v) is 9.16. The Balaban J connectivity index is 1.67. The molecular weight excluding hydrogens is 350 g/mol. The zero-order valence-electron chi connectivity index (χ0n) is 14.5. The van der Waals surface area contributed by atoms with E-state index in [4.69, 9.17) is 4.74 Å². The zero-order chi connectivity index (χ0) is 18.4. The number of carbonyl (C=O) groups excluding carboxylic acids is 1. The summed E-state index contributed by atoms with van der Waals surface area (Å²) in [6, 6.07) is 15.2. The van der Waals surface area contributed by atoms with E-state index < -0.39 is 0 Å². The fourth-order valence-electron chi connectivity index (χ4n) is 2.39. The van der Waals surface area contributed by atoms with Crippen LogP contribution >= 0.6 is 11.8 Å². The van der Waals surface area contributed by atoms with Gasteiger partial charge in [0.25, 0.3) is 0 Å². The molecule has 0 unspecified atom stereocenters. The summed E-state index contributed by atoms with van der Waals surface area (Å²) in [5, 5.41) is 15.2. The van der Waals surface area contributed by atoms with Crippen molar-refractivity contribution in [2.24, 2.45) is 0 Å². The lowest BCUT2D eigenvalue weighted by Gasteiger charge is -2.11. The van der Waals surface area contributed by atoms with E-state index in [1.165, 1.54) is 11.8 Å². The van der Waals surface area contributed by atoms with Gasteiger partial charge in [-0.3, -0.25) is 4.79 Å². The molecule has 0 saturated carbocycles. The van der Waals surface area contributed by atoms with Crippen LogP contribution in [0.1, 0.15) is 12.5 Å². The van der Waals surface area contributed by atoms with Crippen molar-refractivity contribution in [3.8, 4) is 11.4 Å². The van der Waals surface area contributed by atoms with Crippen LogP contribution in [-0.2, 0) is 4.79 Å². The number of para-hydroxylation sites is 3. The maximum Gasteiger partial charge on any atom is 0.234 e. The molecule has 0 fully saturated rings. The van der Waals surface area contributed by atoms with Crippen molar-refractivity contribution in [2.45, 2.75) is 19.0 Å². The van der Waals surface area contributed by atoms with Gasteiger partial charge in [-0.15, -0.1) is 5.10 Å². The summed E-state index contributed by atoms with van der Waals surface area (Å²) >= 11 is 1.28. The van der Waals surface area contributed by atoms with Crippen molar-refractivity contribution in [2.75, 3.05) is 17.7 Å². The van der Waals surface area contributed by atoms with Crippen molar-refractivity contribution < 1.29 is 9.53 Å². The number of ether oxygens (including phenoxy) is 1. The lowest BCUT2D eigenvalue weighted by Crippen LogP contribution is -2.15. The summed E-state index contributed by atoms with van der Waals surface area (Å²) < 4.78 is 7.16. The predicted octanol–water partition coefficient (Wildman–Crippen LogP) is 3.10. The number of aryl methyl sites for hydroxylation is 1. The molecule has 134 valence electrons. The van der Waals surface area contributed by atoms with Gasteiger partial charge in [0.2, 0.25) is 11.1 Å². The number of carbonyl (C=O) groups is 1. The van der Waals surface area contributed by atoms with Crippen LogP contribution < -0.4 is 10.1 Å². The summed E-state index contributed by atoms with van der Waals surface area (Å²) in [6.07, 6.45) is 0. The second kappa shape index (κ2) is 8.48. The van der Waals surface area contributed by atoms with Gasteiger partial charge in [0.05, 0.1) is 23.7 Å². The van der Waals surface area contributed by atoms with E-state index in [-0.39, 0.29) is 11.7 Å². The Kier molecular flexibility index (Phi) is 5.85. The first-order valence-electron chi connectivity index (χ1n) is 8.18. The minimum Gasteiger partial charge on any atom is -0.492 e. The molecule has 26 heavy (non-hydrogen) atoms. The Labute approximate surface area is 155 Å². The van der Waals surface area contributed by atoms with Crippen LogP contribution in [0.25, 0.3) is 5.69 Å². The van der Waals surface area contributed by atoms with Crippen LogP contribution in [0.3, 0.4) is 0 Å². The Morgan fingerprint density at radius 1 is 1.19 bits per heavy atom. The number of hydrogen-bond donors (Lipinski definition) is 1. The SMILES string of the molecule is CCOc1ccccc1NC(=O)CSc1nnnn1-c1ccccc1C. The lowest BCUT2D eigenvalue weighted by molar-refractivity contribution is -0.113. The number of thioether (sulfide) groups is 1. The third-order valence-electron chi connectivity index (χ3n) is 3.58. The molecule has 1 heterocycles. The van der Waals surface area contributed by atoms with Crippen LogP contribution in [0.15, 0.2) is 53.7 Å². The minimum absolute atomic E-state index is 0.151. The second-order valence-electron chi connectivity index (χ2n) is 5.43. The Hall–Kier alpha value is -2.87. The number of anilines is 1. The summed E-state index contributed by atoms with van der Waals surface area (Å²) in [7, 11) is 0.